The highest BCUT2D eigenvalue weighted by Crippen LogP contribution is 2.15. The van der Waals surface area contributed by atoms with Gasteiger partial charge in [0.15, 0.2) is 0 Å². The van der Waals surface area contributed by atoms with Crippen LogP contribution in [-0.2, 0) is 14.3 Å². The molecule has 2 atom stereocenters. The van der Waals surface area contributed by atoms with Crippen molar-refractivity contribution in [2.45, 2.75) is 18.9 Å². The topological polar surface area (TPSA) is 61.5 Å². The first kappa shape index (κ1) is 9.48. The van der Waals surface area contributed by atoms with E-state index >= 15 is 0 Å². The van der Waals surface area contributed by atoms with Crippen LogP contribution in [0.25, 0.3) is 0 Å². The predicted octanol–water partition coefficient (Wildman–Crippen LogP) is -0.0867. The Hall–Kier alpha value is -0.610. The fourth-order valence-corrected chi connectivity index (χ4v) is 1.39. The zero-order valence-electron chi connectivity index (χ0n) is 7.29. The van der Waals surface area contributed by atoms with E-state index in [1.54, 1.807) is 0 Å². The van der Waals surface area contributed by atoms with E-state index in [2.05, 4.69) is 4.74 Å². The van der Waals surface area contributed by atoms with Gasteiger partial charge >= 0.3 is 5.97 Å². The van der Waals surface area contributed by atoms with Crippen LogP contribution in [-0.4, -0.2) is 32.3 Å². The first-order valence-corrected chi connectivity index (χ1v) is 4.17. The maximum absolute atomic E-state index is 11.2. The van der Waals surface area contributed by atoms with Crippen LogP contribution in [0.1, 0.15) is 12.8 Å². The summed E-state index contributed by atoms with van der Waals surface area (Å²) >= 11 is 0. The van der Waals surface area contributed by atoms with Crippen LogP contribution in [0.2, 0.25) is 0 Å². The molecule has 0 aromatic carbocycles. The highest BCUT2D eigenvalue weighted by molar-refractivity contribution is 5.73. The molecular weight excluding hydrogens is 158 g/mol. The van der Waals surface area contributed by atoms with Gasteiger partial charge in [0.25, 0.3) is 0 Å². The average Bonchev–Trinajstić information content (AvgIpc) is 2.28. The summed E-state index contributed by atoms with van der Waals surface area (Å²) in [4.78, 5) is 11.2. The Bertz CT molecular complexity index is 160. The van der Waals surface area contributed by atoms with E-state index in [1.807, 2.05) is 0 Å². The Morgan fingerprint density at radius 2 is 2.17 bits per heavy atom. The van der Waals surface area contributed by atoms with Gasteiger partial charge in [-0.25, -0.2) is 0 Å². The minimum Gasteiger partial charge on any atom is -0.469 e. The lowest BCUT2D eigenvalue weighted by atomic mass is 9.96. The van der Waals surface area contributed by atoms with Crippen molar-refractivity contribution >= 4 is 5.97 Å². The lowest BCUT2D eigenvalue weighted by Gasteiger charge is -2.17. The molecule has 1 saturated heterocycles. The minimum atomic E-state index is -0.215. The van der Waals surface area contributed by atoms with Gasteiger partial charge in [-0.1, -0.05) is 0 Å². The Morgan fingerprint density at radius 1 is 1.50 bits per heavy atom. The molecule has 0 bridgehead atoms. The van der Waals surface area contributed by atoms with Crippen molar-refractivity contribution in [1.29, 1.82) is 0 Å². The van der Waals surface area contributed by atoms with E-state index in [0.29, 0.717) is 19.6 Å². The van der Waals surface area contributed by atoms with Gasteiger partial charge in [0.2, 0.25) is 0 Å². The monoisotopic (exact) mass is 173 g/mol. The molecule has 12 heavy (non-hydrogen) atoms. The molecule has 0 unspecified atom stereocenters. The average molecular weight is 173 g/mol. The number of hydrogen-bond acceptors (Lipinski definition) is 4. The maximum Gasteiger partial charge on any atom is 0.310 e. The SMILES string of the molecule is COC(=O)[C@H]1CCOCC[C@H]1N. The number of hydrogen-bond donors (Lipinski definition) is 1. The van der Waals surface area contributed by atoms with E-state index in [4.69, 9.17) is 10.5 Å². The number of carbonyl (C=O) groups excluding carboxylic acids is 1. The van der Waals surface area contributed by atoms with E-state index in [0.717, 1.165) is 6.42 Å². The van der Waals surface area contributed by atoms with E-state index < -0.39 is 0 Å². The van der Waals surface area contributed by atoms with Gasteiger partial charge in [0.1, 0.15) is 0 Å². The van der Waals surface area contributed by atoms with E-state index in [9.17, 15) is 4.79 Å². The second-order valence-electron chi connectivity index (χ2n) is 2.98. The third-order valence-electron chi connectivity index (χ3n) is 2.19. The van der Waals surface area contributed by atoms with Crippen LogP contribution in [0.5, 0.6) is 0 Å². The van der Waals surface area contributed by atoms with Crippen LogP contribution < -0.4 is 5.73 Å². The summed E-state index contributed by atoms with van der Waals surface area (Å²) in [6.07, 6.45) is 1.41. The summed E-state index contributed by atoms with van der Waals surface area (Å²) in [7, 11) is 1.39. The molecule has 0 amide bonds. The van der Waals surface area contributed by atoms with Crippen LogP contribution in [0.3, 0.4) is 0 Å². The van der Waals surface area contributed by atoms with Crippen LogP contribution in [0.4, 0.5) is 0 Å². The van der Waals surface area contributed by atoms with Crippen molar-refractivity contribution in [3.8, 4) is 0 Å². The summed E-state index contributed by atoms with van der Waals surface area (Å²) < 4.78 is 9.84. The Balaban J connectivity index is 2.52. The van der Waals surface area contributed by atoms with E-state index in [-0.39, 0.29) is 17.9 Å². The number of nitrogens with two attached hydrogens (primary N) is 1. The van der Waals surface area contributed by atoms with Gasteiger partial charge < -0.3 is 15.2 Å². The lowest BCUT2D eigenvalue weighted by Crippen LogP contribution is -2.35. The summed E-state index contributed by atoms with van der Waals surface area (Å²) in [6, 6.07) is -0.111. The zero-order chi connectivity index (χ0) is 8.97. The molecule has 1 heterocycles. The van der Waals surface area contributed by atoms with Gasteiger partial charge in [-0.3, -0.25) is 4.79 Å². The normalized spacial score (nSPS) is 30.8. The molecule has 0 aromatic heterocycles. The molecule has 1 rings (SSSR count). The van der Waals surface area contributed by atoms with Crippen molar-refractivity contribution in [2.75, 3.05) is 20.3 Å². The molecule has 0 aliphatic carbocycles. The van der Waals surface area contributed by atoms with Gasteiger partial charge in [-0.15, -0.1) is 0 Å². The molecule has 4 heteroatoms. The highest BCUT2D eigenvalue weighted by atomic mass is 16.5. The number of methoxy groups -OCH3 is 1. The summed E-state index contributed by atoms with van der Waals surface area (Å²) in [6.45, 7) is 1.25. The van der Waals surface area contributed by atoms with Gasteiger partial charge in [-0.05, 0) is 12.8 Å². The van der Waals surface area contributed by atoms with Crippen molar-refractivity contribution in [3.05, 3.63) is 0 Å². The molecule has 1 aliphatic heterocycles. The molecule has 1 fully saturated rings. The van der Waals surface area contributed by atoms with Gasteiger partial charge in [0.05, 0.1) is 13.0 Å². The molecule has 1 aliphatic rings. The number of ether oxygens (including phenoxy) is 2. The summed E-state index contributed by atoms with van der Waals surface area (Å²) in [5.41, 5.74) is 5.77. The third kappa shape index (κ3) is 2.19. The zero-order valence-corrected chi connectivity index (χ0v) is 7.29. The van der Waals surface area contributed by atoms with Crippen LogP contribution >= 0.6 is 0 Å². The number of esters is 1. The fraction of sp³-hybridized carbons (Fsp3) is 0.875. The Kier molecular flexibility index (Phi) is 3.49. The minimum absolute atomic E-state index is 0.111. The van der Waals surface area contributed by atoms with Crippen molar-refractivity contribution in [3.63, 3.8) is 0 Å². The number of rotatable bonds is 1. The molecule has 70 valence electrons. The standard InChI is InChI=1S/C8H15NO3/c1-11-8(10)6-2-4-12-5-3-7(6)9/h6-7H,2-5,9H2,1H3/t6-,7+/m0/s1. The fourth-order valence-electron chi connectivity index (χ4n) is 1.39. The number of carbonyl (C=O) groups is 1. The van der Waals surface area contributed by atoms with Crippen LogP contribution in [0, 0.1) is 5.92 Å². The van der Waals surface area contributed by atoms with Gasteiger partial charge in [0, 0.05) is 19.3 Å². The quantitative estimate of drug-likeness (QED) is 0.563. The summed E-state index contributed by atoms with van der Waals surface area (Å²) in [5.74, 6) is -0.398. The third-order valence-corrected chi connectivity index (χ3v) is 2.19. The van der Waals surface area contributed by atoms with Crippen molar-refractivity contribution in [2.24, 2.45) is 11.7 Å². The van der Waals surface area contributed by atoms with Gasteiger partial charge in [-0.2, -0.15) is 0 Å². The molecule has 0 saturated carbocycles. The molecule has 0 spiro atoms. The van der Waals surface area contributed by atoms with E-state index in [1.165, 1.54) is 7.11 Å². The summed E-state index contributed by atoms with van der Waals surface area (Å²) in [5, 5.41) is 0. The smallest absolute Gasteiger partial charge is 0.310 e. The predicted molar refractivity (Wildman–Crippen MR) is 43.5 cm³/mol. The second-order valence-corrected chi connectivity index (χ2v) is 2.98. The second kappa shape index (κ2) is 4.42. The van der Waals surface area contributed by atoms with Crippen molar-refractivity contribution in [1.82, 2.24) is 0 Å². The molecular formula is C8H15NO3. The molecule has 4 nitrogen and oxygen atoms in total. The maximum atomic E-state index is 11.2. The Labute approximate surface area is 72.0 Å². The van der Waals surface area contributed by atoms with Crippen LogP contribution in [0.15, 0.2) is 0 Å². The van der Waals surface area contributed by atoms with Crippen molar-refractivity contribution < 1.29 is 14.3 Å². The first-order chi connectivity index (χ1) is 5.75. The highest BCUT2D eigenvalue weighted by Gasteiger charge is 2.27. The largest absolute Gasteiger partial charge is 0.469 e. The Morgan fingerprint density at radius 3 is 2.83 bits per heavy atom. The lowest BCUT2D eigenvalue weighted by molar-refractivity contribution is -0.146. The molecule has 0 radical (unpaired) electrons. The molecule has 0 aromatic rings. The molecule has 2 N–H and O–H groups in total. The first-order valence-electron chi connectivity index (χ1n) is 4.17.